The molecule has 0 unspecified atom stereocenters. The normalized spacial score (nSPS) is 12.3. The summed E-state index contributed by atoms with van der Waals surface area (Å²) in [6.07, 6.45) is 2.28. The smallest absolute Gasteiger partial charge is 0.326 e. The van der Waals surface area contributed by atoms with Crippen LogP contribution in [-0.2, 0) is 11.8 Å². The number of fused-ring (bicyclic) bond motifs is 1. The molecule has 1 heterocycles. The number of aliphatic carboxylic acids is 1. The van der Waals surface area contributed by atoms with Crippen LogP contribution in [0.4, 0.5) is 0 Å². The van der Waals surface area contributed by atoms with Gasteiger partial charge in [0.15, 0.2) is 5.69 Å². The van der Waals surface area contributed by atoms with Crippen LogP contribution >= 0.6 is 11.8 Å². The quantitative estimate of drug-likeness (QED) is 0.845. The molecule has 0 saturated heterocycles. The Morgan fingerprint density at radius 2 is 2.14 bits per heavy atom. The lowest BCUT2D eigenvalue weighted by Crippen LogP contribution is -2.41. The van der Waals surface area contributed by atoms with Crippen molar-refractivity contribution in [3.8, 4) is 0 Å². The van der Waals surface area contributed by atoms with Crippen molar-refractivity contribution in [2.75, 3.05) is 12.0 Å². The highest BCUT2D eigenvalue weighted by Gasteiger charge is 2.23. The highest BCUT2D eigenvalue weighted by Crippen LogP contribution is 2.17. The van der Waals surface area contributed by atoms with Crippen molar-refractivity contribution in [1.29, 1.82) is 0 Å². The van der Waals surface area contributed by atoms with Gasteiger partial charge in [0.2, 0.25) is 0 Å². The lowest BCUT2D eigenvalue weighted by Gasteiger charge is -2.12. The van der Waals surface area contributed by atoms with E-state index in [1.54, 1.807) is 29.6 Å². The number of rotatable bonds is 6. The van der Waals surface area contributed by atoms with Gasteiger partial charge in [-0.15, -0.1) is 0 Å². The minimum atomic E-state index is -1.03. The second-order valence-corrected chi connectivity index (χ2v) is 5.62. The van der Waals surface area contributed by atoms with E-state index in [1.165, 1.54) is 0 Å². The molecule has 1 aromatic heterocycles. The number of hydrogen-bond donors (Lipinski definition) is 2. The molecule has 6 nitrogen and oxygen atoms in total. The summed E-state index contributed by atoms with van der Waals surface area (Å²) in [7, 11) is 1.75. The first kappa shape index (κ1) is 15.4. The van der Waals surface area contributed by atoms with E-state index in [-0.39, 0.29) is 5.69 Å². The fourth-order valence-electron chi connectivity index (χ4n) is 2.10. The number of carboxylic acid groups (broad SMARTS) is 1. The van der Waals surface area contributed by atoms with E-state index in [1.807, 2.05) is 24.5 Å². The van der Waals surface area contributed by atoms with Gasteiger partial charge in [-0.05, 0) is 24.5 Å². The highest BCUT2D eigenvalue weighted by atomic mass is 32.2. The van der Waals surface area contributed by atoms with Gasteiger partial charge in [-0.2, -0.15) is 16.9 Å². The first-order valence-corrected chi connectivity index (χ1v) is 7.88. The van der Waals surface area contributed by atoms with Gasteiger partial charge in [-0.1, -0.05) is 18.2 Å². The molecule has 2 aromatic rings. The first-order valence-electron chi connectivity index (χ1n) is 6.49. The topological polar surface area (TPSA) is 84.2 Å². The molecule has 0 radical (unpaired) electrons. The molecule has 0 aliphatic heterocycles. The van der Waals surface area contributed by atoms with Crippen molar-refractivity contribution >= 4 is 34.5 Å². The van der Waals surface area contributed by atoms with Crippen LogP contribution in [0.3, 0.4) is 0 Å². The predicted octanol–water partition coefficient (Wildman–Crippen LogP) is 1.51. The largest absolute Gasteiger partial charge is 0.480 e. The average molecular weight is 307 g/mol. The van der Waals surface area contributed by atoms with Crippen LogP contribution in [0.1, 0.15) is 16.9 Å². The molecule has 7 heteroatoms. The first-order chi connectivity index (χ1) is 10.0. The van der Waals surface area contributed by atoms with Crippen molar-refractivity contribution < 1.29 is 14.7 Å². The molecular weight excluding hydrogens is 290 g/mol. The average Bonchev–Trinajstić information content (AvgIpc) is 2.81. The summed E-state index contributed by atoms with van der Waals surface area (Å²) in [5, 5.41) is 16.6. The SMILES string of the molecule is CSCC[C@@H](NC(=O)c1nn(C)c2ccccc12)C(=O)O. The van der Waals surface area contributed by atoms with E-state index < -0.39 is 17.9 Å². The summed E-state index contributed by atoms with van der Waals surface area (Å²) in [5.74, 6) is -0.821. The van der Waals surface area contributed by atoms with E-state index in [9.17, 15) is 9.59 Å². The maximum atomic E-state index is 12.3. The van der Waals surface area contributed by atoms with Gasteiger partial charge < -0.3 is 10.4 Å². The number of thioether (sulfide) groups is 1. The Labute approximate surface area is 126 Å². The number of carboxylic acids is 1. The second kappa shape index (κ2) is 6.62. The zero-order valence-corrected chi connectivity index (χ0v) is 12.7. The van der Waals surface area contributed by atoms with Gasteiger partial charge in [0, 0.05) is 12.4 Å². The minimum absolute atomic E-state index is 0.253. The molecule has 1 aromatic carbocycles. The van der Waals surface area contributed by atoms with Crippen LogP contribution in [0.5, 0.6) is 0 Å². The molecular formula is C14H17N3O3S. The Morgan fingerprint density at radius 1 is 1.43 bits per heavy atom. The van der Waals surface area contributed by atoms with Crippen LogP contribution in [0.25, 0.3) is 10.9 Å². The number of aromatic nitrogens is 2. The zero-order valence-electron chi connectivity index (χ0n) is 11.9. The maximum Gasteiger partial charge on any atom is 0.326 e. The van der Waals surface area contributed by atoms with Gasteiger partial charge in [-0.3, -0.25) is 9.48 Å². The molecule has 112 valence electrons. The fourth-order valence-corrected chi connectivity index (χ4v) is 2.57. The van der Waals surface area contributed by atoms with Gasteiger partial charge in [0.05, 0.1) is 5.52 Å². The third kappa shape index (κ3) is 3.36. The summed E-state index contributed by atoms with van der Waals surface area (Å²) >= 11 is 1.54. The second-order valence-electron chi connectivity index (χ2n) is 4.64. The monoisotopic (exact) mass is 307 g/mol. The lowest BCUT2D eigenvalue weighted by molar-refractivity contribution is -0.139. The van der Waals surface area contributed by atoms with E-state index in [0.717, 1.165) is 5.52 Å². The van der Waals surface area contributed by atoms with Crippen LogP contribution in [0.2, 0.25) is 0 Å². The van der Waals surface area contributed by atoms with E-state index in [4.69, 9.17) is 5.11 Å². The molecule has 2 N–H and O–H groups in total. The van der Waals surface area contributed by atoms with Crippen molar-refractivity contribution in [3.05, 3.63) is 30.0 Å². The van der Waals surface area contributed by atoms with Gasteiger partial charge in [0.1, 0.15) is 6.04 Å². The molecule has 0 aliphatic rings. The Kier molecular flexibility index (Phi) is 4.85. The predicted molar refractivity (Wildman–Crippen MR) is 82.6 cm³/mol. The molecule has 0 aliphatic carbocycles. The molecule has 0 fully saturated rings. The number of para-hydroxylation sites is 1. The number of aryl methyl sites for hydroxylation is 1. The van der Waals surface area contributed by atoms with Crippen LogP contribution in [0.15, 0.2) is 24.3 Å². The Bertz CT molecular complexity index is 669. The highest BCUT2D eigenvalue weighted by molar-refractivity contribution is 7.98. The van der Waals surface area contributed by atoms with Gasteiger partial charge >= 0.3 is 5.97 Å². The molecule has 0 spiro atoms. The molecule has 2 rings (SSSR count). The lowest BCUT2D eigenvalue weighted by atomic mass is 10.1. The Morgan fingerprint density at radius 3 is 2.81 bits per heavy atom. The molecule has 1 atom stereocenters. The Hall–Kier alpha value is -2.02. The number of hydrogen-bond acceptors (Lipinski definition) is 4. The summed E-state index contributed by atoms with van der Waals surface area (Å²) in [4.78, 5) is 23.5. The third-order valence-corrected chi connectivity index (χ3v) is 3.83. The number of nitrogens with zero attached hydrogens (tertiary/aromatic N) is 2. The number of benzene rings is 1. The van der Waals surface area contributed by atoms with Crippen molar-refractivity contribution in [2.45, 2.75) is 12.5 Å². The standard InChI is InChI=1S/C14H17N3O3S/c1-17-11-6-4-3-5-9(11)12(16-17)13(18)15-10(14(19)20)7-8-21-2/h3-6,10H,7-8H2,1-2H3,(H,15,18)(H,19,20)/t10-/m1/s1. The van der Waals surface area contributed by atoms with Crippen molar-refractivity contribution in [2.24, 2.45) is 7.05 Å². The number of carbonyl (C=O) groups excluding carboxylic acids is 1. The zero-order chi connectivity index (χ0) is 15.4. The summed E-state index contributed by atoms with van der Waals surface area (Å²) in [6, 6.07) is 6.45. The molecule has 1 amide bonds. The summed E-state index contributed by atoms with van der Waals surface area (Å²) < 4.78 is 1.61. The summed E-state index contributed by atoms with van der Waals surface area (Å²) in [6.45, 7) is 0. The van der Waals surface area contributed by atoms with Crippen molar-refractivity contribution in [1.82, 2.24) is 15.1 Å². The van der Waals surface area contributed by atoms with E-state index in [0.29, 0.717) is 17.6 Å². The van der Waals surface area contributed by atoms with Gasteiger partial charge in [0.25, 0.3) is 5.91 Å². The molecule has 21 heavy (non-hydrogen) atoms. The van der Waals surface area contributed by atoms with Gasteiger partial charge in [-0.25, -0.2) is 4.79 Å². The number of nitrogens with one attached hydrogen (secondary N) is 1. The fraction of sp³-hybridized carbons (Fsp3) is 0.357. The van der Waals surface area contributed by atoms with Crippen molar-refractivity contribution in [3.63, 3.8) is 0 Å². The number of amides is 1. The number of carbonyl (C=O) groups is 2. The third-order valence-electron chi connectivity index (χ3n) is 3.19. The Balaban J connectivity index is 2.23. The van der Waals surface area contributed by atoms with E-state index in [2.05, 4.69) is 10.4 Å². The molecule has 0 saturated carbocycles. The van der Waals surface area contributed by atoms with Crippen LogP contribution in [0, 0.1) is 0 Å². The minimum Gasteiger partial charge on any atom is -0.480 e. The van der Waals surface area contributed by atoms with Crippen LogP contribution < -0.4 is 5.32 Å². The maximum absolute atomic E-state index is 12.3. The van der Waals surface area contributed by atoms with E-state index >= 15 is 0 Å². The van der Waals surface area contributed by atoms with Crippen LogP contribution in [-0.4, -0.2) is 44.8 Å². The summed E-state index contributed by atoms with van der Waals surface area (Å²) in [5.41, 5.74) is 1.09. The molecule has 0 bridgehead atoms.